The summed E-state index contributed by atoms with van der Waals surface area (Å²) in [5.74, 6) is 1.41. The Morgan fingerprint density at radius 2 is 2.23 bits per heavy atom. The van der Waals surface area contributed by atoms with Gasteiger partial charge in [0.2, 0.25) is 0 Å². The van der Waals surface area contributed by atoms with E-state index in [1.165, 1.54) is 0 Å². The van der Waals surface area contributed by atoms with E-state index in [0.29, 0.717) is 12.2 Å². The highest BCUT2D eigenvalue weighted by molar-refractivity contribution is 5.86. The Balaban J connectivity index is 1.53. The Kier molecular flexibility index (Phi) is 4.14. The molecule has 114 valence electrons. The molecule has 0 fully saturated rings. The van der Waals surface area contributed by atoms with Gasteiger partial charge in [0.1, 0.15) is 11.5 Å². The first-order valence-electron chi connectivity index (χ1n) is 7.23. The van der Waals surface area contributed by atoms with Crippen LogP contribution in [0.1, 0.15) is 12.7 Å². The minimum atomic E-state index is -0.147. The second-order valence-corrected chi connectivity index (χ2v) is 5.24. The summed E-state index contributed by atoms with van der Waals surface area (Å²) in [6.45, 7) is 1.93. The molecule has 3 rings (SSSR count). The van der Waals surface area contributed by atoms with Gasteiger partial charge >= 0.3 is 0 Å². The van der Waals surface area contributed by atoms with Gasteiger partial charge in [-0.1, -0.05) is 6.07 Å². The number of hydrogen-bond acceptors (Lipinski definition) is 3. The van der Waals surface area contributed by atoms with Crippen molar-refractivity contribution >= 4 is 16.8 Å². The molecule has 0 aliphatic heterocycles. The number of aromatic amines is 1. The third-order valence-corrected chi connectivity index (χ3v) is 3.41. The number of hydrogen-bond donors (Lipinski definition) is 2. The molecule has 0 saturated carbocycles. The van der Waals surface area contributed by atoms with E-state index in [1.54, 1.807) is 6.26 Å². The van der Waals surface area contributed by atoms with E-state index >= 15 is 0 Å². The monoisotopic (exact) mass is 298 g/mol. The molecule has 0 aliphatic carbocycles. The fourth-order valence-corrected chi connectivity index (χ4v) is 2.42. The van der Waals surface area contributed by atoms with Crippen molar-refractivity contribution < 1.29 is 13.9 Å². The number of carbonyl (C=O) groups is 1. The van der Waals surface area contributed by atoms with Crippen LogP contribution in [0, 0.1) is 0 Å². The van der Waals surface area contributed by atoms with Gasteiger partial charge in [0, 0.05) is 29.6 Å². The van der Waals surface area contributed by atoms with Crippen molar-refractivity contribution in [1.82, 2.24) is 10.3 Å². The number of carbonyl (C=O) groups excluding carboxylic acids is 1. The largest absolute Gasteiger partial charge is 0.483 e. The van der Waals surface area contributed by atoms with Crippen molar-refractivity contribution in [2.24, 2.45) is 0 Å². The number of benzene rings is 1. The normalized spacial score (nSPS) is 12.2. The van der Waals surface area contributed by atoms with E-state index in [4.69, 9.17) is 9.15 Å². The van der Waals surface area contributed by atoms with Crippen LogP contribution in [-0.4, -0.2) is 23.5 Å². The summed E-state index contributed by atoms with van der Waals surface area (Å²) in [5, 5.41) is 3.87. The average Bonchev–Trinajstić information content (AvgIpc) is 3.15. The van der Waals surface area contributed by atoms with Crippen LogP contribution in [0.5, 0.6) is 5.75 Å². The third-order valence-electron chi connectivity index (χ3n) is 3.41. The molecule has 2 heterocycles. The number of aromatic nitrogens is 1. The predicted molar refractivity (Wildman–Crippen MR) is 83.8 cm³/mol. The minimum Gasteiger partial charge on any atom is -0.483 e. The standard InChI is InChI=1S/C17H18N2O3/c1-12(10-13-4-3-9-21-13)19-17(20)11-22-16-6-2-5-15-14(16)7-8-18-15/h2-9,12,18H,10-11H2,1H3,(H,19,20)/t12-/m0/s1. The summed E-state index contributed by atoms with van der Waals surface area (Å²) in [7, 11) is 0. The predicted octanol–water partition coefficient (Wildman–Crippen LogP) is 2.89. The van der Waals surface area contributed by atoms with E-state index in [0.717, 1.165) is 16.7 Å². The third kappa shape index (κ3) is 3.31. The smallest absolute Gasteiger partial charge is 0.258 e. The molecule has 5 nitrogen and oxygen atoms in total. The summed E-state index contributed by atoms with van der Waals surface area (Å²) in [4.78, 5) is 15.1. The van der Waals surface area contributed by atoms with Crippen molar-refractivity contribution in [3.05, 3.63) is 54.6 Å². The first-order chi connectivity index (χ1) is 10.7. The molecule has 2 N–H and O–H groups in total. The first kappa shape index (κ1) is 14.3. The molecule has 5 heteroatoms. The Hall–Kier alpha value is -2.69. The Morgan fingerprint density at radius 1 is 1.32 bits per heavy atom. The lowest BCUT2D eigenvalue weighted by Gasteiger charge is -2.13. The van der Waals surface area contributed by atoms with E-state index < -0.39 is 0 Å². The van der Waals surface area contributed by atoms with Gasteiger partial charge in [-0.05, 0) is 37.3 Å². The minimum absolute atomic E-state index is 0.00715. The van der Waals surface area contributed by atoms with Gasteiger partial charge in [-0.15, -0.1) is 0 Å². The lowest BCUT2D eigenvalue weighted by atomic mass is 10.2. The zero-order chi connectivity index (χ0) is 15.4. The highest BCUT2D eigenvalue weighted by atomic mass is 16.5. The molecule has 1 amide bonds. The van der Waals surface area contributed by atoms with Crippen LogP contribution in [0.15, 0.2) is 53.3 Å². The first-order valence-corrected chi connectivity index (χ1v) is 7.23. The molecule has 0 radical (unpaired) electrons. The molecule has 0 spiro atoms. The number of nitrogens with one attached hydrogen (secondary N) is 2. The number of amides is 1. The number of fused-ring (bicyclic) bond motifs is 1. The van der Waals surface area contributed by atoms with E-state index in [9.17, 15) is 4.79 Å². The molecule has 0 saturated heterocycles. The molecule has 0 unspecified atom stereocenters. The average molecular weight is 298 g/mol. The van der Waals surface area contributed by atoms with Crippen molar-refractivity contribution in [2.45, 2.75) is 19.4 Å². The molecule has 22 heavy (non-hydrogen) atoms. The van der Waals surface area contributed by atoms with E-state index in [2.05, 4.69) is 10.3 Å². The van der Waals surface area contributed by atoms with E-state index in [-0.39, 0.29) is 18.6 Å². The molecule has 1 atom stereocenters. The molecular weight excluding hydrogens is 280 g/mol. The van der Waals surface area contributed by atoms with Crippen molar-refractivity contribution in [3.8, 4) is 5.75 Å². The van der Waals surface area contributed by atoms with Crippen LogP contribution in [0.4, 0.5) is 0 Å². The number of furan rings is 1. The summed E-state index contributed by atoms with van der Waals surface area (Å²) >= 11 is 0. The van der Waals surface area contributed by atoms with Gasteiger partial charge in [-0.2, -0.15) is 0 Å². The number of ether oxygens (including phenoxy) is 1. The highest BCUT2D eigenvalue weighted by Gasteiger charge is 2.11. The van der Waals surface area contributed by atoms with E-state index in [1.807, 2.05) is 49.5 Å². The second kappa shape index (κ2) is 6.39. The topological polar surface area (TPSA) is 67.3 Å². The van der Waals surface area contributed by atoms with Crippen LogP contribution in [0.25, 0.3) is 10.9 Å². The van der Waals surface area contributed by atoms with Crippen LogP contribution >= 0.6 is 0 Å². The summed E-state index contributed by atoms with van der Waals surface area (Å²) in [5.41, 5.74) is 0.990. The van der Waals surface area contributed by atoms with Gasteiger partial charge < -0.3 is 19.5 Å². The van der Waals surface area contributed by atoms with Crippen LogP contribution < -0.4 is 10.1 Å². The van der Waals surface area contributed by atoms with Crippen molar-refractivity contribution in [1.29, 1.82) is 0 Å². The van der Waals surface area contributed by atoms with Gasteiger partial charge in [0.25, 0.3) is 5.91 Å². The van der Waals surface area contributed by atoms with Gasteiger partial charge in [0.05, 0.1) is 6.26 Å². The maximum atomic E-state index is 12.0. The summed E-state index contributed by atoms with van der Waals surface area (Å²) in [6.07, 6.45) is 4.14. The van der Waals surface area contributed by atoms with Crippen molar-refractivity contribution in [3.63, 3.8) is 0 Å². The molecule has 0 aliphatic rings. The fourth-order valence-electron chi connectivity index (χ4n) is 2.42. The molecular formula is C17H18N2O3. The lowest BCUT2D eigenvalue weighted by Crippen LogP contribution is -2.37. The Morgan fingerprint density at radius 3 is 3.05 bits per heavy atom. The SMILES string of the molecule is C[C@@H](Cc1ccco1)NC(=O)COc1cccc2[nH]ccc12. The molecule has 0 bridgehead atoms. The quantitative estimate of drug-likeness (QED) is 0.735. The highest BCUT2D eigenvalue weighted by Crippen LogP contribution is 2.24. The van der Waals surface area contributed by atoms with Gasteiger partial charge in [-0.3, -0.25) is 4.79 Å². The van der Waals surface area contributed by atoms with Gasteiger partial charge in [0.15, 0.2) is 6.61 Å². The van der Waals surface area contributed by atoms with Crippen molar-refractivity contribution in [2.75, 3.05) is 6.61 Å². The lowest BCUT2D eigenvalue weighted by molar-refractivity contribution is -0.123. The zero-order valence-electron chi connectivity index (χ0n) is 12.3. The summed E-state index contributed by atoms with van der Waals surface area (Å²) < 4.78 is 10.9. The van der Waals surface area contributed by atoms with Crippen LogP contribution in [0.3, 0.4) is 0 Å². The maximum absolute atomic E-state index is 12.0. The molecule has 1 aromatic carbocycles. The second-order valence-electron chi connectivity index (χ2n) is 5.24. The van der Waals surface area contributed by atoms with Gasteiger partial charge in [-0.25, -0.2) is 0 Å². The zero-order valence-corrected chi connectivity index (χ0v) is 12.3. The fraction of sp³-hybridized carbons (Fsp3) is 0.235. The van der Waals surface area contributed by atoms with Crippen LogP contribution in [-0.2, 0) is 11.2 Å². The number of rotatable bonds is 6. The summed E-state index contributed by atoms with van der Waals surface area (Å²) in [6, 6.07) is 11.4. The Labute approximate surface area is 128 Å². The molecule has 2 aromatic heterocycles. The molecule has 3 aromatic rings. The maximum Gasteiger partial charge on any atom is 0.258 e. The van der Waals surface area contributed by atoms with Crippen LogP contribution in [0.2, 0.25) is 0 Å². The number of H-pyrrole nitrogens is 1. The Bertz CT molecular complexity index is 746.